The van der Waals surface area contributed by atoms with E-state index in [1.54, 1.807) is 18.2 Å². The van der Waals surface area contributed by atoms with Gasteiger partial charge >= 0.3 is 0 Å². The molecule has 0 radical (unpaired) electrons. The highest BCUT2D eigenvalue weighted by Gasteiger charge is 2.19. The van der Waals surface area contributed by atoms with Gasteiger partial charge in [0.25, 0.3) is 0 Å². The maximum Gasteiger partial charge on any atom is 0.248 e. The number of aromatic nitrogens is 2. The van der Waals surface area contributed by atoms with Crippen LogP contribution >= 0.6 is 0 Å². The van der Waals surface area contributed by atoms with Crippen LogP contribution in [0.2, 0.25) is 0 Å². The van der Waals surface area contributed by atoms with E-state index in [-0.39, 0.29) is 27.8 Å². The van der Waals surface area contributed by atoms with Crippen LogP contribution in [0.5, 0.6) is 0 Å². The minimum absolute atomic E-state index is 0.0500. The van der Waals surface area contributed by atoms with Gasteiger partial charge < -0.3 is 9.97 Å². The van der Waals surface area contributed by atoms with Crippen LogP contribution in [0, 0.1) is 5.82 Å². The molecule has 5 heteroatoms. The first-order valence-electron chi connectivity index (χ1n) is 10.3. The zero-order valence-electron chi connectivity index (χ0n) is 18.9. The molecule has 0 saturated carbocycles. The highest BCUT2D eigenvalue weighted by molar-refractivity contribution is 5.80. The molecule has 2 aromatic heterocycles. The van der Waals surface area contributed by atoms with Crippen molar-refractivity contribution in [3.63, 3.8) is 0 Å². The van der Waals surface area contributed by atoms with Crippen LogP contribution in [0.1, 0.15) is 52.7 Å². The van der Waals surface area contributed by atoms with Crippen LogP contribution in [0.4, 0.5) is 4.39 Å². The molecule has 4 nitrogen and oxygen atoms in total. The lowest BCUT2D eigenvalue weighted by Crippen LogP contribution is -2.14. The van der Waals surface area contributed by atoms with Crippen molar-refractivity contribution >= 4 is 21.8 Å². The summed E-state index contributed by atoms with van der Waals surface area (Å²) in [6.45, 7) is 12.4. The molecule has 0 atom stereocenters. The summed E-state index contributed by atoms with van der Waals surface area (Å²) >= 11 is 0. The average molecular weight is 421 g/mol. The lowest BCUT2D eigenvalue weighted by molar-refractivity contribution is 0.524. The molecule has 4 aromatic rings. The van der Waals surface area contributed by atoms with Crippen LogP contribution in [0.3, 0.4) is 0 Å². The molecule has 4 rings (SSSR count). The van der Waals surface area contributed by atoms with Gasteiger partial charge in [-0.1, -0.05) is 47.6 Å². The van der Waals surface area contributed by atoms with Gasteiger partial charge in [0.15, 0.2) is 0 Å². The predicted molar refractivity (Wildman–Crippen MR) is 126 cm³/mol. The molecule has 2 aromatic carbocycles. The first-order valence-corrected chi connectivity index (χ1v) is 10.3. The molecule has 0 aliphatic rings. The number of pyridine rings is 2. The Kier molecular flexibility index (Phi) is 5.90. The second-order valence-corrected chi connectivity index (χ2v) is 9.87. The van der Waals surface area contributed by atoms with E-state index in [0.29, 0.717) is 11.1 Å². The van der Waals surface area contributed by atoms with Gasteiger partial charge in [-0.25, -0.2) is 4.39 Å². The van der Waals surface area contributed by atoms with Crippen LogP contribution in [0.25, 0.3) is 21.8 Å². The maximum atomic E-state index is 13.8. The summed E-state index contributed by atoms with van der Waals surface area (Å²) in [5, 5.41) is 1.94. The molecule has 0 spiro atoms. The van der Waals surface area contributed by atoms with Crippen LogP contribution in [0.15, 0.2) is 64.2 Å². The minimum Gasteiger partial charge on any atom is -0.322 e. The second kappa shape index (κ2) is 8.14. The van der Waals surface area contributed by atoms with E-state index >= 15 is 0 Å². The number of benzene rings is 2. The zero-order valence-corrected chi connectivity index (χ0v) is 18.9. The number of halogens is 1. The maximum absolute atomic E-state index is 13.8. The smallest absolute Gasteiger partial charge is 0.248 e. The number of hydrogen-bond acceptors (Lipinski definition) is 2. The van der Waals surface area contributed by atoms with Crippen molar-refractivity contribution < 1.29 is 4.39 Å². The standard InChI is InChI=1S/C13H14FNO.C13H15NO/c1-13(2,3)9-6-8-4-5-12(16)15-11(8)7-10(9)14;1-13(2,3)10-5-6-11-9(8-10)4-7-12(15)14-11/h4-7H,1-3H3,(H,15,16);4-8H,1-3H3,(H,14,15). The Bertz CT molecular complexity index is 1350. The van der Waals surface area contributed by atoms with Crippen molar-refractivity contribution in [1.29, 1.82) is 0 Å². The van der Waals surface area contributed by atoms with Crippen LogP contribution < -0.4 is 11.1 Å². The number of rotatable bonds is 0. The molecule has 2 heterocycles. The largest absolute Gasteiger partial charge is 0.322 e. The van der Waals surface area contributed by atoms with Gasteiger partial charge in [0.05, 0.1) is 5.52 Å². The monoisotopic (exact) mass is 420 g/mol. The molecule has 0 unspecified atom stereocenters. The fourth-order valence-corrected chi connectivity index (χ4v) is 3.37. The normalized spacial score (nSPS) is 12.0. The van der Waals surface area contributed by atoms with Crippen LogP contribution in [-0.4, -0.2) is 9.97 Å². The molecule has 0 saturated heterocycles. The Balaban J connectivity index is 0.000000176. The summed E-state index contributed by atoms with van der Waals surface area (Å²) < 4.78 is 13.8. The van der Waals surface area contributed by atoms with Gasteiger partial charge in [0, 0.05) is 17.6 Å². The third-order valence-corrected chi connectivity index (χ3v) is 5.21. The number of fused-ring (bicyclic) bond motifs is 2. The first kappa shape index (κ1) is 22.5. The minimum atomic E-state index is -0.276. The van der Waals surface area contributed by atoms with Gasteiger partial charge in [-0.2, -0.15) is 0 Å². The quantitative estimate of drug-likeness (QED) is 0.378. The van der Waals surface area contributed by atoms with Crippen LogP contribution in [-0.2, 0) is 10.8 Å². The predicted octanol–water partition coefficient (Wildman–Crippen LogP) is 5.79. The summed E-state index contributed by atoms with van der Waals surface area (Å²) in [5.41, 5.74) is 3.02. The van der Waals surface area contributed by atoms with Gasteiger partial charge in [-0.3, -0.25) is 9.59 Å². The van der Waals surface area contributed by atoms with Crippen molar-refractivity contribution in [2.45, 2.75) is 52.4 Å². The summed E-state index contributed by atoms with van der Waals surface area (Å²) in [7, 11) is 0. The SMILES string of the molecule is CC(C)(C)c1cc2ccc(=O)[nH]c2cc1F.CC(C)(C)c1ccc2[nH]c(=O)ccc2c1. The molecule has 162 valence electrons. The number of hydrogen-bond donors (Lipinski definition) is 2. The number of nitrogens with one attached hydrogen (secondary N) is 2. The van der Waals surface area contributed by atoms with Gasteiger partial charge in [0.1, 0.15) is 5.82 Å². The number of H-pyrrole nitrogens is 2. The van der Waals surface area contributed by atoms with E-state index in [1.165, 1.54) is 17.7 Å². The molecule has 0 aliphatic carbocycles. The Morgan fingerprint density at radius 3 is 1.74 bits per heavy atom. The Labute approximate surface area is 181 Å². The fourth-order valence-electron chi connectivity index (χ4n) is 3.37. The average Bonchev–Trinajstić information content (AvgIpc) is 2.65. The van der Waals surface area contributed by atoms with Crippen molar-refractivity contribution in [3.8, 4) is 0 Å². The van der Waals surface area contributed by atoms with E-state index in [0.717, 1.165) is 16.3 Å². The third kappa shape index (κ3) is 5.29. The molecule has 0 aliphatic heterocycles. The summed E-state index contributed by atoms with van der Waals surface area (Å²) in [4.78, 5) is 27.6. The molecular weight excluding hydrogens is 391 g/mol. The molecular formula is C26H29FN2O2. The van der Waals surface area contributed by atoms with Crippen molar-refractivity contribution in [1.82, 2.24) is 9.97 Å². The Morgan fingerprint density at radius 1 is 0.645 bits per heavy atom. The van der Waals surface area contributed by atoms with E-state index in [9.17, 15) is 14.0 Å². The van der Waals surface area contributed by atoms with E-state index < -0.39 is 0 Å². The van der Waals surface area contributed by atoms with E-state index in [1.807, 2.05) is 32.9 Å². The van der Waals surface area contributed by atoms with Crippen molar-refractivity contribution in [2.24, 2.45) is 0 Å². The van der Waals surface area contributed by atoms with Gasteiger partial charge in [-0.05, 0) is 69.1 Å². The lowest BCUT2D eigenvalue weighted by atomic mass is 9.86. The molecule has 31 heavy (non-hydrogen) atoms. The second-order valence-electron chi connectivity index (χ2n) is 9.87. The number of aromatic amines is 2. The third-order valence-electron chi connectivity index (χ3n) is 5.21. The molecule has 0 fully saturated rings. The molecule has 0 amide bonds. The van der Waals surface area contributed by atoms with E-state index in [4.69, 9.17) is 0 Å². The highest BCUT2D eigenvalue weighted by atomic mass is 19.1. The Hall–Kier alpha value is -3.21. The van der Waals surface area contributed by atoms with Crippen molar-refractivity contribution in [3.05, 3.63) is 92.2 Å². The lowest BCUT2D eigenvalue weighted by Gasteiger charge is -2.20. The summed E-state index contributed by atoms with van der Waals surface area (Å²) in [5.74, 6) is -0.276. The highest BCUT2D eigenvalue weighted by Crippen LogP contribution is 2.28. The zero-order chi connectivity index (χ0) is 23.0. The van der Waals surface area contributed by atoms with E-state index in [2.05, 4.69) is 42.9 Å². The van der Waals surface area contributed by atoms with Crippen molar-refractivity contribution in [2.75, 3.05) is 0 Å². The van der Waals surface area contributed by atoms with Gasteiger partial charge in [0.2, 0.25) is 11.1 Å². The summed E-state index contributed by atoms with van der Waals surface area (Å²) in [6.07, 6.45) is 0. The fraction of sp³-hybridized carbons (Fsp3) is 0.308. The Morgan fingerprint density at radius 2 is 1.19 bits per heavy atom. The molecule has 2 N–H and O–H groups in total. The summed E-state index contributed by atoms with van der Waals surface area (Å²) in [6, 6.07) is 15.9. The van der Waals surface area contributed by atoms with Gasteiger partial charge in [-0.15, -0.1) is 0 Å². The molecule has 0 bridgehead atoms. The topological polar surface area (TPSA) is 65.7 Å². The first-order chi connectivity index (χ1) is 14.3.